The van der Waals surface area contributed by atoms with E-state index in [1.807, 2.05) is 47.0 Å². The number of carbonyl (C=O) groups excluding carboxylic acids is 1. The third-order valence-corrected chi connectivity index (χ3v) is 6.38. The van der Waals surface area contributed by atoms with E-state index in [1.54, 1.807) is 4.90 Å². The number of nitrogens with zero attached hydrogens (tertiary/aromatic N) is 5. The minimum absolute atomic E-state index is 0.0904. The van der Waals surface area contributed by atoms with E-state index in [2.05, 4.69) is 9.97 Å². The van der Waals surface area contributed by atoms with Gasteiger partial charge in [0.05, 0.1) is 6.42 Å². The highest BCUT2D eigenvalue weighted by atomic mass is 19.4. The Bertz CT molecular complexity index is 1130. The van der Waals surface area contributed by atoms with Gasteiger partial charge >= 0.3 is 6.18 Å². The molecule has 2 fully saturated rings. The van der Waals surface area contributed by atoms with E-state index in [9.17, 15) is 18.0 Å². The Labute approximate surface area is 177 Å². The van der Waals surface area contributed by atoms with Gasteiger partial charge in [-0.1, -0.05) is 18.2 Å². The Hall–Kier alpha value is -3.10. The fraction of sp³-hybridized carbons (Fsp3) is 0.409. The summed E-state index contributed by atoms with van der Waals surface area (Å²) in [5.41, 5.74) is 1.18. The maximum Gasteiger partial charge on any atom is 0.433 e. The second-order valence-electron chi connectivity index (χ2n) is 8.42. The Morgan fingerprint density at radius 3 is 2.52 bits per heavy atom. The molecule has 0 spiro atoms. The highest BCUT2D eigenvalue weighted by Gasteiger charge is 2.43. The van der Waals surface area contributed by atoms with Gasteiger partial charge in [0, 0.05) is 68.4 Å². The summed E-state index contributed by atoms with van der Waals surface area (Å²) in [7, 11) is 1.97. The normalized spacial score (nSPS) is 21.2. The fourth-order valence-corrected chi connectivity index (χ4v) is 4.86. The largest absolute Gasteiger partial charge is 0.433 e. The van der Waals surface area contributed by atoms with Crippen LogP contribution in [0.5, 0.6) is 0 Å². The second kappa shape index (κ2) is 7.25. The third kappa shape index (κ3) is 3.62. The molecule has 6 nitrogen and oxygen atoms in total. The Morgan fingerprint density at radius 1 is 1.10 bits per heavy atom. The molecule has 3 aromatic rings. The number of aryl methyl sites for hydroxylation is 1. The lowest BCUT2D eigenvalue weighted by molar-refractivity contribution is -0.141. The van der Waals surface area contributed by atoms with Crippen molar-refractivity contribution in [3.63, 3.8) is 0 Å². The standard InChI is InChI=1S/C22H22F3N5O/c1-28-9-14(17-4-2-3-5-18(17)28)8-20(31)29-10-15-12-30(13-16(15)11-29)21-26-7-6-19(27-21)22(23,24)25/h2-7,9,15-16H,8,10-13H2,1H3. The number of amides is 1. The molecular formula is C22H22F3N5O. The second-order valence-corrected chi connectivity index (χ2v) is 8.42. The summed E-state index contributed by atoms with van der Waals surface area (Å²) in [4.78, 5) is 24.4. The number of carbonyl (C=O) groups is 1. The van der Waals surface area contributed by atoms with Crippen LogP contribution in [-0.2, 0) is 24.4 Å². The van der Waals surface area contributed by atoms with Crippen molar-refractivity contribution in [3.8, 4) is 0 Å². The predicted octanol–water partition coefficient (Wildman–Crippen LogP) is 3.12. The van der Waals surface area contributed by atoms with Crippen LogP contribution >= 0.6 is 0 Å². The summed E-state index contributed by atoms with van der Waals surface area (Å²) in [6, 6.07) is 8.90. The number of anilines is 1. The average molecular weight is 429 g/mol. The van der Waals surface area contributed by atoms with Crippen LogP contribution in [0, 0.1) is 11.8 Å². The van der Waals surface area contributed by atoms with Crippen LogP contribution < -0.4 is 4.90 Å². The van der Waals surface area contributed by atoms with Crippen molar-refractivity contribution in [1.29, 1.82) is 0 Å². The van der Waals surface area contributed by atoms with Gasteiger partial charge in [-0.2, -0.15) is 13.2 Å². The third-order valence-electron chi connectivity index (χ3n) is 6.38. The number of hydrogen-bond donors (Lipinski definition) is 0. The maximum atomic E-state index is 13.0. The molecule has 9 heteroatoms. The van der Waals surface area contributed by atoms with E-state index in [-0.39, 0.29) is 23.7 Å². The molecule has 5 rings (SSSR count). The SMILES string of the molecule is Cn1cc(CC(=O)N2CC3CN(c4nccc(C(F)(F)F)n4)CC3C2)c2ccccc21. The summed E-state index contributed by atoms with van der Waals surface area (Å²) in [5, 5.41) is 1.09. The lowest BCUT2D eigenvalue weighted by atomic mass is 10.0. The maximum absolute atomic E-state index is 13.0. The van der Waals surface area contributed by atoms with Crippen molar-refractivity contribution in [1.82, 2.24) is 19.4 Å². The molecule has 4 heterocycles. The quantitative estimate of drug-likeness (QED) is 0.642. The molecule has 0 bridgehead atoms. The van der Waals surface area contributed by atoms with Gasteiger partial charge in [0.2, 0.25) is 11.9 Å². The van der Waals surface area contributed by atoms with Crippen LogP contribution in [0.1, 0.15) is 11.3 Å². The molecule has 2 aliphatic rings. The van der Waals surface area contributed by atoms with E-state index in [1.165, 1.54) is 0 Å². The number of para-hydroxylation sites is 1. The van der Waals surface area contributed by atoms with Gasteiger partial charge in [-0.3, -0.25) is 4.79 Å². The molecule has 0 saturated carbocycles. The molecule has 0 radical (unpaired) electrons. The summed E-state index contributed by atoms with van der Waals surface area (Å²) in [5.74, 6) is 0.634. The van der Waals surface area contributed by atoms with Gasteiger partial charge in [0.25, 0.3) is 0 Å². The van der Waals surface area contributed by atoms with Gasteiger partial charge in [0.1, 0.15) is 5.69 Å². The number of aromatic nitrogens is 3. The van der Waals surface area contributed by atoms with Gasteiger partial charge in [0.15, 0.2) is 0 Å². The molecule has 2 saturated heterocycles. The van der Waals surface area contributed by atoms with Crippen molar-refractivity contribution in [3.05, 3.63) is 54.0 Å². The van der Waals surface area contributed by atoms with Crippen molar-refractivity contribution in [2.45, 2.75) is 12.6 Å². The molecular weight excluding hydrogens is 407 g/mol. The summed E-state index contributed by atoms with van der Waals surface area (Å²) in [6.45, 7) is 2.35. The molecule has 31 heavy (non-hydrogen) atoms. The molecule has 2 aromatic heterocycles. The first-order valence-corrected chi connectivity index (χ1v) is 10.3. The monoisotopic (exact) mass is 429 g/mol. The lowest BCUT2D eigenvalue weighted by Gasteiger charge is -2.22. The molecule has 0 aliphatic carbocycles. The number of hydrogen-bond acceptors (Lipinski definition) is 4. The summed E-state index contributed by atoms with van der Waals surface area (Å²) < 4.78 is 40.9. The highest BCUT2D eigenvalue weighted by Crippen LogP contribution is 2.34. The zero-order valence-corrected chi connectivity index (χ0v) is 17.0. The molecule has 2 atom stereocenters. The minimum atomic E-state index is -4.49. The topological polar surface area (TPSA) is 54.3 Å². The first kappa shape index (κ1) is 19.8. The minimum Gasteiger partial charge on any atom is -0.350 e. The van der Waals surface area contributed by atoms with Gasteiger partial charge in [-0.05, 0) is 17.7 Å². The van der Waals surface area contributed by atoms with Crippen LogP contribution in [0.25, 0.3) is 10.9 Å². The number of alkyl halides is 3. The van der Waals surface area contributed by atoms with Crippen molar-refractivity contribution in [2.24, 2.45) is 18.9 Å². The van der Waals surface area contributed by atoms with Crippen molar-refractivity contribution in [2.75, 3.05) is 31.1 Å². The average Bonchev–Trinajstić information content (AvgIpc) is 3.40. The zero-order chi connectivity index (χ0) is 21.8. The fourth-order valence-electron chi connectivity index (χ4n) is 4.86. The highest BCUT2D eigenvalue weighted by molar-refractivity contribution is 5.89. The number of benzene rings is 1. The predicted molar refractivity (Wildman–Crippen MR) is 109 cm³/mol. The molecule has 2 unspecified atom stereocenters. The number of fused-ring (bicyclic) bond motifs is 2. The molecule has 1 amide bonds. The summed E-state index contributed by atoms with van der Waals surface area (Å²) >= 11 is 0. The number of likely N-dealkylation sites (tertiary alicyclic amines) is 1. The Balaban J connectivity index is 1.24. The summed E-state index contributed by atoms with van der Waals surface area (Å²) in [6.07, 6.45) is -0.981. The van der Waals surface area contributed by atoms with Gasteiger partial charge in [-0.25, -0.2) is 9.97 Å². The van der Waals surface area contributed by atoms with E-state index < -0.39 is 11.9 Å². The van der Waals surface area contributed by atoms with Crippen LogP contribution in [0.2, 0.25) is 0 Å². The van der Waals surface area contributed by atoms with E-state index in [0.717, 1.165) is 28.7 Å². The van der Waals surface area contributed by atoms with E-state index >= 15 is 0 Å². The van der Waals surface area contributed by atoms with E-state index in [0.29, 0.717) is 32.6 Å². The molecule has 162 valence electrons. The van der Waals surface area contributed by atoms with Gasteiger partial charge < -0.3 is 14.4 Å². The van der Waals surface area contributed by atoms with Crippen LogP contribution in [0.15, 0.2) is 42.7 Å². The van der Waals surface area contributed by atoms with Crippen molar-refractivity contribution >= 4 is 22.8 Å². The molecule has 0 N–H and O–H groups in total. The molecule has 2 aliphatic heterocycles. The Morgan fingerprint density at radius 2 is 1.81 bits per heavy atom. The Kier molecular flexibility index (Phi) is 4.64. The van der Waals surface area contributed by atoms with Crippen LogP contribution in [-0.4, -0.2) is 51.5 Å². The van der Waals surface area contributed by atoms with Gasteiger partial charge in [-0.15, -0.1) is 0 Å². The number of halogens is 3. The molecule has 1 aromatic carbocycles. The van der Waals surface area contributed by atoms with Crippen molar-refractivity contribution < 1.29 is 18.0 Å². The smallest absolute Gasteiger partial charge is 0.350 e. The number of rotatable bonds is 3. The first-order chi connectivity index (χ1) is 14.8. The van der Waals surface area contributed by atoms with Crippen LogP contribution in [0.4, 0.5) is 19.1 Å². The zero-order valence-electron chi connectivity index (χ0n) is 17.0. The van der Waals surface area contributed by atoms with Crippen LogP contribution in [0.3, 0.4) is 0 Å². The van der Waals surface area contributed by atoms with E-state index in [4.69, 9.17) is 0 Å². The first-order valence-electron chi connectivity index (χ1n) is 10.3. The lowest BCUT2D eigenvalue weighted by Crippen LogP contribution is -2.34.